The molecule has 1 saturated heterocycles. The Balaban J connectivity index is 1.39. The third-order valence-electron chi connectivity index (χ3n) is 4.98. The fraction of sp³-hybridized carbons (Fsp3) is 0.350. The van der Waals surface area contributed by atoms with Crippen molar-refractivity contribution in [3.63, 3.8) is 0 Å². The standard InChI is InChI=1S/C20H22N4O/c25-20(18-8-3-4-10-21-18)16-6-5-11-23(14-16)12-13-24-15-22-17-7-1-2-9-19(17)24/h1-4,7-10,15-16H,5-6,11-14H2/t16-/m1/s1. The number of aromatic nitrogens is 3. The lowest BCUT2D eigenvalue weighted by atomic mass is 9.92. The fourth-order valence-electron chi connectivity index (χ4n) is 3.63. The summed E-state index contributed by atoms with van der Waals surface area (Å²) in [5.74, 6) is 0.238. The fourth-order valence-corrected chi connectivity index (χ4v) is 3.63. The summed E-state index contributed by atoms with van der Waals surface area (Å²) in [6, 6.07) is 13.7. The number of rotatable bonds is 5. The predicted molar refractivity (Wildman–Crippen MR) is 97.5 cm³/mol. The van der Waals surface area contributed by atoms with E-state index in [1.807, 2.05) is 42.7 Å². The number of carbonyl (C=O) groups is 1. The van der Waals surface area contributed by atoms with Crippen LogP contribution in [0, 0.1) is 5.92 Å². The monoisotopic (exact) mass is 334 g/mol. The molecule has 2 aromatic heterocycles. The van der Waals surface area contributed by atoms with E-state index in [1.165, 1.54) is 5.52 Å². The van der Waals surface area contributed by atoms with Crippen molar-refractivity contribution in [2.24, 2.45) is 5.92 Å². The Morgan fingerprint density at radius 2 is 1.96 bits per heavy atom. The second-order valence-corrected chi connectivity index (χ2v) is 6.65. The van der Waals surface area contributed by atoms with E-state index in [9.17, 15) is 4.79 Å². The van der Waals surface area contributed by atoms with E-state index in [4.69, 9.17) is 0 Å². The van der Waals surface area contributed by atoms with Crippen molar-refractivity contribution in [2.75, 3.05) is 19.6 Å². The quantitative estimate of drug-likeness (QED) is 0.673. The van der Waals surface area contributed by atoms with Gasteiger partial charge in [0.05, 0.1) is 17.4 Å². The van der Waals surface area contributed by atoms with Crippen LogP contribution in [-0.2, 0) is 6.54 Å². The highest BCUT2D eigenvalue weighted by Gasteiger charge is 2.27. The molecule has 0 radical (unpaired) electrons. The molecule has 0 spiro atoms. The topological polar surface area (TPSA) is 51.0 Å². The minimum atomic E-state index is 0.0585. The van der Waals surface area contributed by atoms with Crippen molar-refractivity contribution in [3.05, 3.63) is 60.7 Å². The van der Waals surface area contributed by atoms with E-state index in [2.05, 4.69) is 25.5 Å². The van der Waals surface area contributed by atoms with E-state index in [1.54, 1.807) is 6.20 Å². The van der Waals surface area contributed by atoms with Crippen LogP contribution in [0.5, 0.6) is 0 Å². The highest BCUT2D eigenvalue weighted by molar-refractivity contribution is 5.96. The van der Waals surface area contributed by atoms with E-state index < -0.39 is 0 Å². The lowest BCUT2D eigenvalue weighted by Gasteiger charge is -2.31. The number of hydrogen-bond donors (Lipinski definition) is 0. The molecular weight excluding hydrogens is 312 g/mol. The Bertz CT molecular complexity index is 858. The number of benzene rings is 1. The van der Waals surface area contributed by atoms with Gasteiger partial charge in [-0.05, 0) is 43.7 Å². The first-order valence-electron chi connectivity index (χ1n) is 8.89. The van der Waals surface area contributed by atoms with E-state index in [0.29, 0.717) is 5.69 Å². The Labute approximate surface area is 147 Å². The number of fused-ring (bicyclic) bond motifs is 1. The van der Waals surface area contributed by atoms with Crippen molar-refractivity contribution in [1.82, 2.24) is 19.4 Å². The van der Waals surface area contributed by atoms with E-state index >= 15 is 0 Å². The number of nitrogens with zero attached hydrogens (tertiary/aromatic N) is 4. The minimum absolute atomic E-state index is 0.0585. The Morgan fingerprint density at radius 3 is 2.84 bits per heavy atom. The molecule has 1 fully saturated rings. The lowest BCUT2D eigenvalue weighted by molar-refractivity contribution is 0.0811. The number of Topliss-reactive ketones (excluding diaryl/α,β-unsaturated/α-hetero) is 1. The first kappa shape index (κ1) is 16.0. The van der Waals surface area contributed by atoms with Crippen molar-refractivity contribution < 1.29 is 4.79 Å². The van der Waals surface area contributed by atoms with Crippen molar-refractivity contribution in [1.29, 1.82) is 0 Å². The number of imidazole rings is 1. The smallest absolute Gasteiger partial charge is 0.185 e. The number of hydrogen-bond acceptors (Lipinski definition) is 4. The average Bonchev–Trinajstić information content (AvgIpc) is 3.10. The largest absolute Gasteiger partial charge is 0.329 e. The van der Waals surface area contributed by atoms with E-state index in [-0.39, 0.29) is 11.7 Å². The summed E-state index contributed by atoms with van der Waals surface area (Å²) in [5.41, 5.74) is 2.79. The zero-order valence-electron chi connectivity index (χ0n) is 14.2. The van der Waals surface area contributed by atoms with Gasteiger partial charge in [-0.15, -0.1) is 0 Å². The molecule has 4 rings (SSSR count). The summed E-state index contributed by atoms with van der Waals surface area (Å²) in [6.07, 6.45) is 5.62. The molecular formula is C20H22N4O. The molecule has 1 atom stereocenters. The molecule has 0 N–H and O–H groups in total. The summed E-state index contributed by atoms with van der Waals surface area (Å²) in [5, 5.41) is 0. The molecule has 25 heavy (non-hydrogen) atoms. The third kappa shape index (κ3) is 3.46. The molecule has 0 saturated carbocycles. The lowest BCUT2D eigenvalue weighted by Crippen LogP contribution is -2.40. The van der Waals surface area contributed by atoms with E-state index in [0.717, 1.165) is 44.5 Å². The number of piperidine rings is 1. The second kappa shape index (κ2) is 7.15. The van der Waals surface area contributed by atoms with Crippen LogP contribution in [0.4, 0.5) is 0 Å². The number of pyridine rings is 1. The summed E-state index contributed by atoms with van der Waals surface area (Å²) in [6.45, 7) is 3.71. The van der Waals surface area contributed by atoms with Gasteiger partial charge in [-0.2, -0.15) is 0 Å². The van der Waals surface area contributed by atoms with Crippen LogP contribution in [0.1, 0.15) is 23.3 Å². The normalized spacial score (nSPS) is 18.5. The molecule has 3 aromatic rings. The zero-order valence-corrected chi connectivity index (χ0v) is 14.2. The number of para-hydroxylation sites is 2. The van der Waals surface area contributed by atoms with Crippen LogP contribution >= 0.6 is 0 Å². The van der Waals surface area contributed by atoms with Crippen LogP contribution in [0.25, 0.3) is 11.0 Å². The van der Waals surface area contributed by atoms with Gasteiger partial charge in [-0.3, -0.25) is 9.78 Å². The van der Waals surface area contributed by atoms with Crippen LogP contribution < -0.4 is 0 Å². The molecule has 5 heteroatoms. The Hall–Kier alpha value is -2.53. The molecule has 0 bridgehead atoms. The van der Waals surface area contributed by atoms with Crippen LogP contribution in [0.15, 0.2) is 55.0 Å². The van der Waals surface area contributed by atoms with Gasteiger partial charge in [0, 0.05) is 31.7 Å². The van der Waals surface area contributed by atoms with Gasteiger partial charge in [0.2, 0.25) is 0 Å². The SMILES string of the molecule is O=C(c1ccccn1)[C@@H]1CCCN(CCn2cnc3ccccc32)C1. The first-order valence-corrected chi connectivity index (χ1v) is 8.89. The number of ketones is 1. The first-order chi connectivity index (χ1) is 12.3. The molecule has 1 aromatic carbocycles. The predicted octanol–water partition coefficient (Wildman–Crippen LogP) is 3.03. The maximum atomic E-state index is 12.6. The summed E-state index contributed by atoms with van der Waals surface area (Å²) in [7, 11) is 0. The molecule has 1 aliphatic heterocycles. The molecule has 1 aliphatic rings. The van der Waals surface area contributed by atoms with Gasteiger partial charge < -0.3 is 9.47 Å². The molecule has 0 amide bonds. The number of carbonyl (C=O) groups excluding carboxylic acids is 1. The summed E-state index contributed by atoms with van der Waals surface area (Å²) in [4.78, 5) is 23.7. The molecule has 5 nitrogen and oxygen atoms in total. The van der Waals surface area contributed by atoms with Crippen molar-refractivity contribution in [3.8, 4) is 0 Å². The number of likely N-dealkylation sites (tertiary alicyclic amines) is 1. The maximum absolute atomic E-state index is 12.6. The highest BCUT2D eigenvalue weighted by Crippen LogP contribution is 2.20. The molecule has 128 valence electrons. The second-order valence-electron chi connectivity index (χ2n) is 6.65. The van der Waals surface area contributed by atoms with Gasteiger partial charge in [0.1, 0.15) is 5.69 Å². The van der Waals surface area contributed by atoms with Crippen LogP contribution in [0.2, 0.25) is 0 Å². The molecule has 3 heterocycles. The van der Waals surface area contributed by atoms with Gasteiger partial charge in [0.25, 0.3) is 0 Å². The van der Waals surface area contributed by atoms with Crippen molar-refractivity contribution in [2.45, 2.75) is 19.4 Å². The highest BCUT2D eigenvalue weighted by atomic mass is 16.1. The minimum Gasteiger partial charge on any atom is -0.329 e. The zero-order chi connectivity index (χ0) is 17.1. The van der Waals surface area contributed by atoms with Gasteiger partial charge in [-0.1, -0.05) is 18.2 Å². The Morgan fingerprint density at radius 1 is 1.08 bits per heavy atom. The third-order valence-corrected chi connectivity index (χ3v) is 4.98. The van der Waals surface area contributed by atoms with Gasteiger partial charge in [-0.25, -0.2) is 4.98 Å². The average molecular weight is 334 g/mol. The Kier molecular flexibility index (Phi) is 4.57. The van der Waals surface area contributed by atoms with Crippen molar-refractivity contribution >= 4 is 16.8 Å². The van der Waals surface area contributed by atoms with Crippen LogP contribution in [0.3, 0.4) is 0 Å². The maximum Gasteiger partial charge on any atom is 0.185 e. The summed E-state index contributed by atoms with van der Waals surface area (Å²) < 4.78 is 2.19. The van der Waals surface area contributed by atoms with Gasteiger partial charge in [0.15, 0.2) is 5.78 Å². The summed E-state index contributed by atoms with van der Waals surface area (Å²) >= 11 is 0. The molecule has 0 aliphatic carbocycles. The molecule has 0 unspecified atom stereocenters. The van der Waals surface area contributed by atoms with Gasteiger partial charge >= 0.3 is 0 Å². The van der Waals surface area contributed by atoms with Crippen LogP contribution in [-0.4, -0.2) is 44.9 Å².